The first-order chi connectivity index (χ1) is 12.8. The molecule has 1 heterocycles. The van der Waals surface area contributed by atoms with Gasteiger partial charge in [0.25, 0.3) is 0 Å². The fraction of sp³-hybridized carbons (Fsp3) is 0.550. The number of nitrogens with one attached hydrogen (secondary N) is 3. The summed E-state index contributed by atoms with van der Waals surface area (Å²) in [7, 11) is 1.67. The van der Waals surface area contributed by atoms with Crippen molar-refractivity contribution < 1.29 is 9.59 Å². The van der Waals surface area contributed by atoms with Crippen LogP contribution in [0.15, 0.2) is 29.3 Å². The van der Waals surface area contributed by atoms with E-state index in [1.54, 1.807) is 7.05 Å². The van der Waals surface area contributed by atoms with E-state index < -0.39 is 0 Å². The maximum Gasteiger partial charge on any atom is 0.239 e. The Hall–Kier alpha value is -1.84. The first-order valence-electron chi connectivity index (χ1n) is 9.43. The van der Waals surface area contributed by atoms with Gasteiger partial charge in [-0.1, -0.05) is 12.1 Å². The molecule has 8 heteroatoms. The summed E-state index contributed by atoms with van der Waals surface area (Å²) in [6, 6.07) is 7.97. The minimum atomic E-state index is -0.257. The molecule has 1 aromatic carbocycles. The van der Waals surface area contributed by atoms with Crippen LogP contribution in [-0.4, -0.2) is 43.5 Å². The Morgan fingerprint density at radius 1 is 1.14 bits per heavy atom. The van der Waals surface area contributed by atoms with Crippen molar-refractivity contribution in [1.29, 1.82) is 0 Å². The van der Waals surface area contributed by atoms with Gasteiger partial charge in [-0.05, 0) is 51.3 Å². The summed E-state index contributed by atoms with van der Waals surface area (Å²) in [5.41, 5.74) is 1.77. The van der Waals surface area contributed by atoms with Gasteiger partial charge in [-0.15, -0.1) is 24.0 Å². The maximum absolute atomic E-state index is 12.0. The van der Waals surface area contributed by atoms with Gasteiger partial charge in [-0.3, -0.25) is 14.6 Å². The van der Waals surface area contributed by atoms with E-state index in [4.69, 9.17) is 0 Å². The number of guanidine groups is 1. The number of aliphatic imine (C=N–C) groups is 1. The third kappa shape index (κ3) is 8.04. The van der Waals surface area contributed by atoms with Crippen molar-refractivity contribution in [2.75, 3.05) is 25.0 Å². The Bertz CT molecular complexity index is 683. The van der Waals surface area contributed by atoms with Gasteiger partial charge in [-0.2, -0.15) is 0 Å². The summed E-state index contributed by atoms with van der Waals surface area (Å²) < 4.78 is 0. The highest BCUT2D eigenvalue weighted by molar-refractivity contribution is 14.0. The fourth-order valence-electron chi connectivity index (χ4n) is 2.91. The molecule has 3 N–H and O–H groups in total. The van der Waals surface area contributed by atoms with Crippen LogP contribution < -0.4 is 20.9 Å². The van der Waals surface area contributed by atoms with E-state index in [0.717, 1.165) is 30.6 Å². The molecule has 1 aromatic rings. The van der Waals surface area contributed by atoms with Crippen LogP contribution in [0.2, 0.25) is 0 Å². The number of piperidine rings is 1. The standard InChI is InChI=1S/C20H31N5O2.HI/c1-20(2,3)24-17(26)14-23-19(21-4)22-13-15-8-10-16(11-9-15)25-12-6-5-7-18(25)27;/h8-11H,5-7,12-14H2,1-4H3,(H,24,26)(H2,21,22,23);1H. The van der Waals surface area contributed by atoms with Gasteiger partial charge in [0.2, 0.25) is 11.8 Å². The van der Waals surface area contributed by atoms with Gasteiger partial charge in [0, 0.05) is 37.8 Å². The normalized spacial score (nSPS) is 14.9. The average molecular weight is 501 g/mol. The van der Waals surface area contributed by atoms with Crippen LogP contribution in [0.5, 0.6) is 0 Å². The average Bonchev–Trinajstić information content (AvgIpc) is 2.61. The number of hydrogen-bond donors (Lipinski definition) is 3. The molecule has 0 bridgehead atoms. The molecule has 2 amide bonds. The molecule has 28 heavy (non-hydrogen) atoms. The zero-order valence-electron chi connectivity index (χ0n) is 17.2. The van der Waals surface area contributed by atoms with E-state index in [9.17, 15) is 9.59 Å². The van der Waals surface area contributed by atoms with Gasteiger partial charge < -0.3 is 20.9 Å². The molecule has 0 aliphatic carbocycles. The number of carbonyl (C=O) groups is 2. The lowest BCUT2D eigenvalue weighted by Gasteiger charge is -2.26. The molecule has 156 valence electrons. The van der Waals surface area contributed by atoms with Crippen LogP contribution in [0.4, 0.5) is 5.69 Å². The molecule has 0 atom stereocenters. The molecule has 0 unspecified atom stereocenters. The third-order valence-electron chi connectivity index (χ3n) is 4.19. The van der Waals surface area contributed by atoms with Crippen molar-refractivity contribution in [3.8, 4) is 0 Å². The molecule has 7 nitrogen and oxygen atoms in total. The Morgan fingerprint density at radius 2 is 1.82 bits per heavy atom. The van der Waals surface area contributed by atoms with E-state index in [0.29, 0.717) is 18.9 Å². The number of halogens is 1. The molecular formula is C20H32IN5O2. The molecule has 0 spiro atoms. The minimum absolute atomic E-state index is 0. The van der Waals surface area contributed by atoms with E-state index in [-0.39, 0.29) is 47.9 Å². The lowest BCUT2D eigenvalue weighted by molar-refractivity contribution is -0.121. The lowest BCUT2D eigenvalue weighted by Crippen LogP contribution is -2.48. The van der Waals surface area contributed by atoms with Crippen molar-refractivity contribution in [3.63, 3.8) is 0 Å². The van der Waals surface area contributed by atoms with Crippen molar-refractivity contribution >= 4 is 47.4 Å². The Labute approximate surface area is 184 Å². The second kappa shape index (κ2) is 11.2. The number of nitrogens with zero attached hydrogens (tertiary/aromatic N) is 2. The number of benzene rings is 1. The van der Waals surface area contributed by atoms with Gasteiger partial charge in [0.15, 0.2) is 5.96 Å². The van der Waals surface area contributed by atoms with Crippen LogP contribution in [-0.2, 0) is 16.1 Å². The van der Waals surface area contributed by atoms with Crippen LogP contribution in [0, 0.1) is 0 Å². The van der Waals surface area contributed by atoms with Gasteiger partial charge in [0.05, 0.1) is 6.54 Å². The Balaban J connectivity index is 0.00000392. The number of carbonyl (C=O) groups excluding carboxylic acids is 2. The largest absolute Gasteiger partial charge is 0.352 e. The monoisotopic (exact) mass is 501 g/mol. The molecule has 0 saturated carbocycles. The summed E-state index contributed by atoms with van der Waals surface area (Å²) in [6.07, 6.45) is 2.67. The lowest BCUT2D eigenvalue weighted by atomic mass is 10.1. The van der Waals surface area contributed by atoms with Gasteiger partial charge >= 0.3 is 0 Å². The van der Waals surface area contributed by atoms with Crippen LogP contribution in [0.3, 0.4) is 0 Å². The topological polar surface area (TPSA) is 85.8 Å². The molecule has 0 radical (unpaired) electrons. The van der Waals surface area contributed by atoms with Gasteiger partial charge in [-0.25, -0.2) is 0 Å². The highest BCUT2D eigenvalue weighted by Gasteiger charge is 2.19. The van der Waals surface area contributed by atoms with Crippen LogP contribution >= 0.6 is 24.0 Å². The van der Waals surface area contributed by atoms with Crippen molar-refractivity contribution in [2.24, 2.45) is 4.99 Å². The smallest absolute Gasteiger partial charge is 0.239 e. The summed E-state index contributed by atoms with van der Waals surface area (Å²) >= 11 is 0. The quantitative estimate of drug-likeness (QED) is 0.329. The van der Waals surface area contributed by atoms with E-state index in [2.05, 4.69) is 20.9 Å². The SMILES string of the molecule is CN=C(NCC(=O)NC(C)(C)C)NCc1ccc(N2CCCCC2=O)cc1.I. The Morgan fingerprint density at radius 3 is 2.39 bits per heavy atom. The predicted molar refractivity (Wildman–Crippen MR) is 124 cm³/mol. The molecule has 1 fully saturated rings. The highest BCUT2D eigenvalue weighted by atomic mass is 127. The van der Waals surface area contributed by atoms with Crippen molar-refractivity contribution in [2.45, 2.75) is 52.1 Å². The van der Waals surface area contributed by atoms with E-state index in [1.165, 1.54) is 0 Å². The molecule has 1 aliphatic heterocycles. The maximum atomic E-state index is 12.0. The second-order valence-corrected chi connectivity index (χ2v) is 7.75. The summed E-state index contributed by atoms with van der Waals surface area (Å²) in [4.78, 5) is 29.9. The van der Waals surface area contributed by atoms with Crippen molar-refractivity contribution in [3.05, 3.63) is 29.8 Å². The van der Waals surface area contributed by atoms with Gasteiger partial charge in [0.1, 0.15) is 0 Å². The van der Waals surface area contributed by atoms with Crippen LogP contribution in [0.1, 0.15) is 45.6 Å². The zero-order chi connectivity index (χ0) is 19.9. The molecule has 1 saturated heterocycles. The molecule has 0 aromatic heterocycles. The fourth-order valence-corrected chi connectivity index (χ4v) is 2.91. The number of amides is 2. The second-order valence-electron chi connectivity index (χ2n) is 7.75. The van der Waals surface area contributed by atoms with E-state index >= 15 is 0 Å². The Kier molecular flexibility index (Phi) is 9.71. The molecule has 2 rings (SSSR count). The highest BCUT2D eigenvalue weighted by Crippen LogP contribution is 2.21. The molecule has 1 aliphatic rings. The van der Waals surface area contributed by atoms with Crippen LogP contribution in [0.25, 0.3) is 0 Å². The predicted octanol–water partition coefficient (Wildman–Crippen LogP) is 2.40. The summed E-state index contributed by atoms with van der Waals surface area (Å²) in [6.45, 7) is 7.36. The molecular weight excluding hydrogens is 469 g/mol. The summed E-state index contributed by atoms with van der Waals surface area (Å²) in [5.74, 6) is 0.681. The first-order valence-corrected chi connectivity index (χ1v) is 9.43. The number of rotatable bonds is 5. The zero-order valence-corrected chi connectivity index (χ0v) is 19.5. The summed E-state index contributed by atoms with van der Waals surface area (Å²) in [5, 5.41) is 9.09. The van der Waals surface area contributed by atoms with Crippen molar-refractivity contribution in [1.82, 2.24) is 16.0 Å². The first kappa shape index (κ1) is 24.2. The van der Waals surface area contributed by atoms with E-state index in [1.807, 2.05) is 49.9 Å². The third-order valence-corrected chi connectivity index (χ3v) is 4.19. The number of hydrogen-bond acceptors (Lipinski definition) is 3. The minimum Gasteiger partial charge on any atom is -0.352 e. The number of anilines is 1.